The van der Waals surface area contributed by atoms with Gasteiger partial charge in [-0.25, -0.2) is 0 Å². The molecule has 0 nitrogen and oxygen atoms in total. The van der Waals surface area contributed by atoms with Crippen LogP contribution >= 0.6 is 22.6 Å². The molecule has 0 amide bonds. The molecule has 1 saturated carbocycles. The highest BCUT2D eigenvalue weighted by Gasteiger charge is 2.43. The number of hydrogen-bond donors (Lipinski definition) is 0. The van der Waals surface area contributed by atoms with Crippen molar-refractivity contribution in [2.75, 3.05) is 0 Å². The lowest BCUT2D eigenvalue weighted by atomic mass is 9.74. The van der Waals surface area contributed by atoms with Crippen LogP contribution in [0.25, 0.3) is 0 Å². The van der Waals surface area contributed by atoms with E-state index in [1.165, 1.54) is 15.6 Å². The fraction of sp³-hybridized carbons (Fsp3) is 0.412. The van der Waals surface area contributed by atoms with Gasteiger partial charge in [0.2, 0.25) is 0 Å². The zero-order valence-electron chi connectivity index (χ0n) is 11.4. The van der Waals surface area contributed by atoms with E-state index in [1.807, 2.05) is 6.08 Å². The number of allylic oxidation sites excluding steroid dienone is 9. The van der Waals surface area contributed by atoms with Crippen LogP contribution in [0.1, 0.15) is 27.2 Å². The second kappa shape index (κ2) is 5.20. The van der Waals surface area contributed by atoms with Gasteiger partial charge in [-0.05, 0) is 65.3 Å². The Balaban J connectivity index is 2.35. The second-order valence-electron chi connectivity index (χ2n) is 5.84. The van der Waals surface area contributed by atoms with E-state index in [2.05, 4.69) is 80.3 Å². The predicted octanol–water partition coefficient (Wildman–Crippen LogP) is 5.60. The average Bonchev–Trinajstić information content (AvgIpc) is 2.52. The van der Waals surface area contributed by atoms with E-state index in [0.717, 1.165) is 0 Å². The Labute approximate surface area is 124 Å². The predicted molar refractivity (Wildman–Crippen MR) is 88.7 cm³/mol. The summed E-state index contributed by atoms with van der Waals surface area (Å²) < 4.78 is 1.27. The van der Waals surface area contributed by atoms with Crippen molar-refractivity contribution in [3.05, 3.63) is 57.8 Å². The smallest absolute Gasteiger partial charge is 0.0129 e. The van der Waals surface area contributed by atoms with Crippen LogP contribution < -0.4 is 0 Å². The van der Waals surface area contributed by atoms with Gasteiger partial charge >= 0.3 is 0 Å². The standard InChI is InChI=1S/C17H21I/c1-5-6-15(18)11-14-10-13-8-7-12(2)9-16(13)17(14,3)4/h5-9,11,13,16H,1,10H2,2-4H3/b14-11+,15-6+. The minimum absolute atomic E-state index is 0.266. The molecule has 18 heavy (non-hydrogen) atoms. The SMILES string of the molecule is C=C/C=C(I)\C=C1/CC2C=CC(C)=CC2C1(C)C. The maximum atomic E-state index is 3.76. The minimum Gasteiger partial charge on any atom is -0.0990 e. The third-order valence-electron chi connectivity index (χ3n) is 4.22. The van der Waals surface area contributed by atoms with E-state index in [4.69, 9.17) is 0 Å². The fourth-order valence-corrected chi connectivity index (χ4v) is 3.73. The first kappa shape index (κ1) is 13.9. The lowest BCUT2D eigenvalue weighted by Crippen LogP contribution is -2.22. The van der Waals surface area contributed by atoms with E-state index in [9.17, 15) is 0 Å². The van der Waals surface area contributed by atoms with Crippen LogP contribution in [0, 0.1) is 17.3 Å². The summed E-state index contributed by atoms with van der Waals surface area (Å²) in [5, 5.41) is 0. The molecule has 0 aromatic carbocycles. The molecule has 1 fully saturated rings. The molecule has 0 bridgehead atoms. The van der Waals surface area contributed by atoms with Crippen molar-refractivity contribution in [3.63, 3.8) is 0 Å². The van der Waals surface area contributed by atoms with E-state index >= 15 is 0 Å². The highest BCUT2D eigenvalue weighted by molar-refractivity contribution is 14.1. The molecule has 0 aliphatic heterocycles. The van der Waals surface area contributed by atoms with Crippen LogP contribution in [-0.2, 0) is 0 Å². The summed E-state index contributed by atoms with van der Waals surface area (Å²) in [6.45, 7) is 10.7. The third kappa shape index (κ3) is 2.56. The van der Waals surface area contributed by atoms with Gasteiger partial charge in [0.25, 0.3) is 0 Å². The highest BCUT2D eigenvalue weighted by atomic mass is 127. The maximum Gasteiger partial charge on any atom is 0.0129 e. The van der Waals surface area contributed by atoms with Gasteiger partial charge in [-0.2, -0.15) is 0 Å². The molecule has 2 atom stereocenters. The minimum atomic E-state index is 0.266. The molecule has 96 valence electrons. The lowest BCUT2D eigenvalue weighted by Gasteiger charge is -2.30. The van der Waals surface area contributed by atoms with Crippen molar-refractivity contribution >= 4 is 22.6 Å². The van der Waals surface area contributed by atoms with Crippen LogP contribution in [0.15, 0.2) is 57.8 Å². The van der Waals surface area contributed by atoms with Gasteiger partial charge < -0.3 is 0 Å². The molecule has 0 radical (unpaired) electrons. The second-order valence-corrected chi connectivity index (χ2v) is 7.09. The molecular weight excluding hydrogens is 331 g/mol. The molecule has 0 spiro atoms. The highest BCUT2D eigenvalue weighted by Crippen LogP contribution is 2.53. The summed E-state index contributed by atoms with van der Waals surface area (Å²) in [7, 11) is 0. The van der Waals surface area contributed by atoms with Crippen LogP contribution in [0.3, 0.4) is 0 Å². The van der Waals surface area contributed by atoms with Crippen LogP contribution in [0.5, 0.6) is 0 Å². The maximum absolute atomic E-state index is 3.76. The van der Waals surface area contributed by atoms with E-state index in [0.29, 0.717) is 11.8 Å². The first-order valence-electron chi connectivity index (χ1n) is 6.51. The van der Waals surface area contributed by atoms with Gasteiger partial charge in [0.15, 0.2) is 0 Å². The van der Waals surface area contributed by atoms with E-state index < -0.39 is 0 Å². The molecule has 0 aromatic rings. The monoisotopic (exact) mass is 352 g/mol. The lowest BCUT2D eigenvalue weighted by molar-refractivity contribution is 0.328. The Hall–Kier alpha value is -0.570. The molecule has 2 unspecified atom stereocenters. The normalized spacial score (nSPS) is 32.3. The van der Waals surface area contributed by atoms with Gasteiger partial charge in [0.05, 0.1) is 0 Å². The molecular formula is C17H21I. The summed E-state index contributed by atoms with van der Waals surface area (Å²) in [4.78, 5) is 0. The number of halogens is 1. The van der Waals surface area contributed by atoms with Crippen molar-refractivity contribution in [3.8, 4) is 0 Å². The summed E-state index contributed by atoms with van der Waals surface area (Å²) >= 11 is 2.39. The Morgan fingerprint density at radius 3 is 2.89 bits per heavy atom. The summed E-state index contributed by atoms with van der Waals surface area (Å²) in [5.41, 5.74) is 3.24. The first-order valence-corrected chi connectivity index (χ1v) is 7.59. The molecule has 0 N–H and O–H groups in total. The molecule has 0 heterocycles. The zero-order valence-corrected chi connectivity index (χ0v) is 13.6. The Kier molecular flexibility index (Phi) is 4.00. The van der Waals surface area contributed by atoms with Gasteiger partial charge in [-0.3, -0.25) is 0 Å². The quantitative estimate of drug-likeness (QED) is 0.449. The van der Waals surface area contributed by atoms with E-state index in [1.54, 1.807) is 5.57 Å². The van der Waals surface area contributed by atoms with Gasteiger partial charge in [-0.15, -0.1) is 0 Å². The number of rotatable bonds is 2. The third-order valence-corrected chi connectivity index (χ3v) is 4.89. The molecule has 2 rings (SSSR count). The van der Waals surface area contributed by atoms with Gasteiger partial charge in [-0.1, -0.05) is 55.9 Å². The Bertz CT molecular complexity index is 472. The van der Waals surface area contributed by atoms with Crippen LogP contribution in [-0.4, -0.2) is 0 Å². The van der Waals surface area contributed by atoms with Crippen molar-refractivity contribution in [2.45, 2.75) is 27.2 Å². The average molecular weight is 352 g/mol. The van der Waals surface area contributed by atoms with E-state index in [-0.39, 0.29) is 5.41 Å². The largest absolute Gasteiger partial charge is 0.0990 e. The summed E-state index contributed by atoms with van der Waals surface area (Å²) in [5.74, 6) is 1.34. The Morgan fingerprint density at radius 1 is 1.50 bits per heavy atom. The van der Waals surface area contributed by atoms with Gasteiger partial charge in [0, 0.05) is 3.58 Å². The Morgan fingerprint density at radius 2 is 2.22 bits per heavy atom. The zero-order chi connectivity index (χ0) is 13.3. The summed E-state index contributed by atoms with van der Waals surface area (Å²) in [6.07, 6.45) is 14.6. The van der Waals surface area contributed by atoms with Crippen LogP contribution in [0.2, 0.25) is 0 Å². The van der Waals surface area contributed by atoms with Crippen molar-refractivity contribution in [1.29, 1.82) is 0 Å². The van der Waals surface area contributed by atoms with Gasteiger partial charge in [0.1, 0.15) is 0 Å². The van der Waals surface area contributed by atoms with Crippen molar-refractivity contribution in [1.82, 2.24) is 0 Å². The van der Waals surface area contributed by atoms with Crippen molar-refractivity contribution in [2.24, 2.45) is 17.3 Å². The molecule has 1 heteroatoms. The fourth-order valence-electron chi connectivity index (χ4n) is 3.10. The molecule has 0 aromatic heterocycles. The number of hydrogen-bond acceptors (Lipinski definition) is 0. The number of fused-ring (bicyclic) bond motifs is 1. The first-order chi connectivity index (χ1) is 8.45. The summed E-state index contributed by atoms with van der Waals surface area (Å²) in [6, 6.07) is 0. The van der Waals surface area contributed by atoms with Crippen molar-refractivity contribution < 1.29 is 0 Å². The molecule has 2 aliphatic rings. The molecule has 2 aliphatic carbocycles. The molecule has 0 saturated heterocycles. The topological polar surface area (TPSA) is 0 Å². The van der Waals surface area contributed by atoms with Crippen LogP contribution in [0.4, 0.5) is 0 Å².